The maximum absolute atomic E-state index is 13.1. The van der Waals surface area contributed by atoms with E-state index in [0.29, 0.717) is 49.6 Å². The fourth-order valence-corrected chi connectivity index (χ4v) is 11.3. The number of thioether (sulfide) groups is 3. The summed E-state index contributed by atoms with van der Waals surface area (Å²) >= 11 is 22.9. The predicted octanol–water partition coefficient (Wildman–Crippen LogP) is 15.4. The molecule has 22 heteroatoms. The molecule has 6 aromatic carbocycles. The van der Waals surface area contributed by atoms with Crippen LogP contribution >= 0.6 is 70.1 Å². The van der Waals surface area contributed by atoms with Crippen LogP contribution in [0.15, 0.2) is 197 Å². The largest absolute Gasteiger partial charge is 0.490 e. The molecule has 0 fully saturated rings. The minimum Gasteiger partial charge on any atom is -0.490 e. The topological polar surface area (TPSA) is 198 Å². The summed E-state index contributed by atoms with van der Waals surface area (Å²) < 4.78 is 52.1. The highest BCUT2D eigenvalue weighted by Gasteiger charge is 2.32. The number of ether oxygens (including phenoxy) is 9. The molecule has 488 valence electrons. The first kappa shape index (κ1) is 73.5. The van der Waals surface area contributed by atoms with Crippen molar-refractivity contribution in [3.05, 3.63) is 214 Å². The molecule has 92 heavy (non-hydrogen) atoms. The summed E-state index contributed by atoms with van der Waals surface area (Å²) in [6.45, 7) is 17.6. The minimum absolute atomic E-state index is 0.00211. The van der Waals surface area contributed by atoms with Gasteiger partial charge in [0.25, 0.3) is 0 Å². The van der Waals surface area contributed by atoms with Gasteiger partial charge in [0.15, 0.2) is 0 Å². The number of halogens is 3. The van der Waals surface area contributed by atoms with Crippen LogP contribution in [0.5, 0.6) is 17.2 Å². The van der Waals surface area contributed by atoms with Crippen LogP contribution in [-0.2, 0) is 57.8 Å². The summed E-state index contributed by atoms with van der Waals surface area (Å²) in [6.07, 6.45) is -2.17. The Labute approximate surface area is 565 Å². The van der Waals surface area contributed by atoms with Gasteiger partial charge in [0.1, 0.15) is 62.0 Å². The Kier molecular flexibility index (Phi) is 30.8. The highest BCUT2D eigenvalue weighted by Crippen LogP contribution is 2.41. The lowest BCUT2D eigenvalue weighted by molar-refractivity contribution is -0.151. The zero-order chi connectivity index (χ0) is 66.4. The van der Waals surface area contributed by atoms with Crippen molar-refractivity contribution < 1.29 is 71.4 Å². The first-order chi connectivity index (χ1) is 44.1. The third-order valence-corrected chi connectivity index (χ3v) is 17.6. The summed E-state index contributed by atoms with van der Waals surface area (Å²) in [5.74, 6) is 0.0818. The third-order valence-electron chi connectivity index (χ3n) is 13.4. The Balaban J connectivity index is 1.22. The molecule has 3 unspecified atom stereocenters. The third kappa shape index (κ3) is 25.9. The second kappa shape index (κ2) is 38.5. The molecule has 0 heterocycles. The van der Waals surface area contributed by atoms with E-state index in [0.717, 1.165) is 31.4 Å². The zero-order valence-corrected chi connectivity index (χ0v) is 56.3. The molecule has 0 saturated heterocycles. The molecular formula is C70H74Cl3NO15S3. The minimum atomic E-state index is -0.828. The molecule has 0 aromatic heterocycles. The zero-order valence-electron chi connectivity index (χ0n) is 51.6. The number of carbonyl (C=O) groups is 6. The molecule has 0 aliphatic heterocycles. The maximum atomic E-state index is 13.1. The van der Waals surface area contributed by atoms with Crippen molar-refractivity contribution in [3.8, 4) is 17.2 Å². The molecule has 0 bridgehead atoms. The highest BCUT2D eigenvalue weighted by atomic mass is 35.5. The monoisotopic (exact) mass is 1370 g/mol. The Morgan fingerprint density at radius 3 is 1.03 bits per heavy atom. The van der Waals surface area contributed by atoms with Gasteiger partial charge in [-0.1, -0.05) is 90.9 Å². The van der Waals surface area contributed by atoms with Crippen molar-refractivity contribution in [2.24, 2.45) is 0 Å². The van der Waals surface area contributed by atoms with Crippen LogP contribution in [0.3, 0.4) is 0 Å². The summed E-state index contributed by atoms with van der Waals surface area (Å²) in [5, 5.41) is 4.40. The van der Waals surface area contributed by atoms with Crippen molar-refractivity contribution >= 4 is 106 Å². The summed E-state index contributed by atoms with van der Waals surface area (Å²) in [5.41, 5.74) is 2.59. The lowest BCUT2D eigenvalue weighted by Crippen LogP contribution is -2.35. The number of benzene rings is 6. The van der Waals surface area contributed by atoms with Crippen LogP contribution in [0.25, 0.3) is 0 Å². The lowest BCUT2D eigenvalue weighted by Gasteiger charge is -2.32. The van der Waals surface area contributed by atoms with E-state index >= 15 is 0 Å². The number of hydrogen-bond acceptors (Lipinski definition) is 18. The van der Waals surface area contributed by atoms with E-state index in [1.54, 1.807) is 50.2 Å². The molecule has 6 aromatic rings. The summed E-state index contributed by atoms with van der Waals surface area (Å²) in [4.78, 5) is 77.7. The van der Waals surface area contributed by atoms with E-state index in [1.165, 1.54) is 42.2 Å². The van der Waals surface area contributed by atoms with Crippen LogP contribution in [-0.4, -0.2) is 118 Å². The number of nitrogens with one attached hydrogen (secondary N) is 1. The van der Waals surface area contributed by atoms with E-state index in [2.05, 4.69) is 32.0 Å². The normalized spacial score (nSPS) is 12.5. The van der Waals surface area contributed by atoms with E-state index < -0.39 is 59.7 Å². The molecular weight excluding hydrogens is 1300 g/mol. The smallest absolute Gasteiger partial charge is 0.407 e. The molecule has 0 saturated carbocycles. The van der Waals surface area contributed by atoms with Crippen molar-refractivity contribution in [1.29, 1.82) is 0 Å². The van der Waals surface area contributed by atoms with Gasteiger partial charge in [-0.05, 0) is 166 Å². The van der Waals surface area contributed by atoms with Crippen LogP contribution in [0.2, 0.25) is 15.1 Å². The highest BCUT2D eigenvalue weighted by molar-refractivity contribution is 7.99. The molecule has 16 nitrogen and oxygen atoms in total. The van der Waals surface area contributed by atoms with Crippen LogP contribution < -0.4 is 19.5 Å². The first-order valence-electron chi connectivity index (χ1n) is 29.3. The van der Waals surface area contributed by atoms with E-state index in [1.807, 2.05) is 109 Å². The van der Waals surface area contributed by atoms with Gasteiger partial charge in [0, 0.05) is 82.0 Å². The van der Waals surface area contributed by atoms with Gasteiger partial charge in [-0.15, -0.1) is 35.3 Å². The van der Waals surface area contributed by atoms with Gasteiger partial charge in [-0.3, -0.25) is 9.59 Å². The van der Waals surface area contributed by atoms with Crippen LogP contribution in [0.1, 0.15) is 70.1 Å². The van der Waals surface area contributed by atoms with Gasteiger partial charge in [0.05, 0.1) is 19.8 Å². The average Bonchev–Trinajstić information content (AvgIpc) is 0.776. The maximum Gasteiger partial charge on any atom is 0.407 e. The Bertz CT molecular complexity index is 3050. The first-order valence-corrected chi connectivity index (χ1v) is 33.4. The van der Waals surface area contributed by atoms with E-state index in [4.69, 9.17) is 77.4 Å². The van der Waals surface area contributed by atoms with E-state index in [9.17, 15) is 28.8 Å². The summed E-state index contributed by atoms with van der Waals surface area (Å²) in [7, 11) is 0. The van der Waals surface area contributed by atoms with Crippen molar-refractivity contribution in [2.45, 2.75) is 91.8 Å². The van der Waals surface area contributed by atoms with Crippen LogP contribution in [0.4, 0.5) is 4.79 Å². The van der Waals surface area contributed by atoms with Crippen molar-refractivity contribution in [1.82, 2.24) is 5.32 Å². The van der Waals surface area contributed by atoms with Gasteiger partial charge in [-0.2, -0.15) is 0 Å². The van der Waals surface area contributed by atoms with Crippen molar-refractivity contribution in [3.63, 3.8) is 0 Å². The standard InChI is InChI=1S/C70H74Cl3NO15S3/c1-46(2)66(77)81-37-8-10-64(75)87-58(43-90-61-30-18-52(71)19-31-61)40-84-55-24-12-49(13-25-55)70(7,50-14-26-56(27-15-50)85-41-59(44-91-62-32-20-53(72)21-33-62)88-65(76)11-9-38-82-67(78)47(3)4)51-16-28-57(29-17-51)86-42-60(45-92-63-34-22-54(73)23-35-63)89-69(80)74-36-39-83-68(79)48(5)6/h12-35,58-60H,1,3,5,8-11,36-45H2,2,4,6-7H3,(H,74,80). The summed E-state index contributed by atoms with van der Waals surface area (Å²) in [6, 6.07) is 44.9. The van der Waals surface area contributed by atoms with Gasteiger partial charge < -0.3 is 47.9 Å². The molecule has 0 spiro atoms. The molecule has 0 aliphatic rings. The Morgan fingerprint density at radius 1 is 0.435 bits per heavy atom. The van der Waals surface area contributed by atoms with Crippen molar-refractivity contribution in [2.75, 3.05) is 63.4 Å². The molecule has 1 N–H and O–H groups in total. The Morgan fingerprint density at radius 2 is 0.728 bits per heavy atom. The second-order valence-corrected chi connectivity index (χ2v) is 25.6. The molecule has 1 amide bonds. The van der Waals surface area contributed by atoms with Gasteiger partial charge >= 0.3 is 35.9 Å². The van der Waals surface area contributed by atoms with E-state index in [-0.39, 0.29) is 88.6 Å². The van der Waals surface area contributed by atoms with Gasteiger partial charge in [0.2, 0.25) is 0 Å². The predicted molar refractivity (Wildman–Crippen MR) is 362 cm³/mol. The van der Waals surface area contributed by atoms with Gasteiger partial charge in [-0.25, -0.2) is 19.2 Å². The molecule has 3 atom stereocenters. The second-order valence-electron chi connectivity index (χ2n) is 21.1. The average molecular weight is 1370 g/mol. The molecule has 0 radical (unpaired) electrons. The number of carbonyl (C=O) groups excluding carboxylic acids is 6. The lowest BCUT2D eigenvalue weighted by atomic mass is 9.71. The van der Waals surface area contributed by atoms with Crippen LogP contribution in [0, 0.1) is 0 Å². The Hall–Kier alpha value is -7.52. The quantitative estimate of drug-likeness (QED) is 0.00958. The number of alkyl carbamates (subject to hydrolysis) is 1. The molecule has 0 aliphatic carbocycles. The number of rotatable bonds is 38. The number of hydrogen-bond donors (Lipinski definition) is 1. The molecule has 6 rings (SSSR count). The fraction of sp³-hybridized carbons (Fsp3) is 0.314. The number of amides is 1. The SMILES string of the molecule is C=C(C)C(=O)OCCCC(=O)OC(COc1ccc(C(C)(c2ccc(OCC(CSc3ccc(Cl)cc3)OC(=O)CCCOC(=O)C(=C)C)cc2)c2ccc(OCC(CSc3ccc(Cl)cc3)OC(=O)NCCOC(=O)C(=C)C)cc2)cc1)CSc1ccc(Cl)cc1. The fourth-order valence-electron chi connectivity index (χ4n) is 8.34. The number of esters is 5.